The normalized spacial score (nSPS) is 19.1. The van der Waals surface area contributed by atoms with Gasteiger partial charge in [-0.1, -0.05) is 24.3 Å². The summed E-state index contributed by atoms with van der Waals surface area (Å²) >= 11 is 0. The first-order valence-electron chi connectivity index (χ1n) is 6.45. The highest BCUT2D eigenvalue weighted by Gasteiger charge is 2.44. The number of alkyl halides is 6. The van der Waals surface area contributed by atoms with E-state index < -0.39 is 35.7 Å². The highest BCUT2D eigenvalue weighted by atomic mass is 19.4. The van der Waals surface area contributed by atoms with Crippen LogP contribution in [0.2, 0.25) is 0 Å². The van der Waals surface area contributed by atoms with Crippen molar-refractivity contribution in [3.8, 4) is 0 Å². The molecule has 120 valence electrons. The van der Waals surface area contributed by atoms with Gasteiger partial charge in [0.2, 0.25) is 0 Å². The van der Waals surface area contributed by atoms with E-state index in [1.165, 1.54) is 31.2 Å². The molecule has 0 aromatic rings. The maximum atomic E-state index is 13.3. The van der Waals surface area contributed by atoms with Crippen LogP contribution in [0.3, 0.4) is 0 Å². The van der Waals surface area contributed by atoms with Gasteiger partial charge in [0.1, 0.15) is 11.3 Å². The SMILES string of the molecule is CCOC1=C(C(F)(F)F)C2=CC=CC=C(C2)C(C(F)(F)F)=C1. The molecule has 2 aliphatic rings. The average molecular weight is 322 g/mol. The van der Waals surface area contributed by atoms with E-state index in [-0.39, 0.29) is 17.8 Å². The molecule has 1 nitrogen and oxygen atoms in total. The molecule has 0 unspecified atom stereocenters. The number of ether oxygens (including phenoxy) is 1. The molecule has 2 rings (SSSR count). The van der Waals surface area contributed by atoms with Gasteiger partial charge in [0.15, 0.2) is 0 Å². The van der Waals surface area contributed by atoms with Crippen molar-refractivity contribution in [1.29, 1.82) is 0 Å². The summed E-state index contributed by atoms with van der Waals surface area (Å²) in [7, 11) is 0. The van der Waals surface area contributed by atoms with Crippen LogP contribution in [0.25, 0.3) is 0 Å². The molecule has 0 fully saturated rings. The molecule has 0 atom stereocenters. The van der Waals surface area contributed by atoms with Crippen LogP contribution in [-0.2, 0) is 4.74 Å². The van der Waals surface area contributed by atoms with E-state index in [4.69, 9.17) is 4.74 Å². The standard InChI is InChI=1S/C15H12F6O/c1-2-22-12-8-11(14(16,17)18)9-5-3-4-6-10(7-9)13(12)15(19,20)21/h3-6,8H,2,7H2,1H3. The molecule has 0 aromatic carbocycles. The van der Waals surface area contributed by atoms with Gasteiger partial charge in [0.05, 0.1) is 12.2 Å². The van der Waals surface area contributed by atoms with E-state index in [1.54, 1.807) is 0 Å². The second kappa shape index (κ2) is 5.70. The Balaban J connectivity index is 2.75. The third-order valence-corrected chi connectivity index (χ3v) is 3.16. The number of hydrogen-bond donors (Lipinski definition) is 0. The summed E-state index contributed by atoms with van der Waals surface area (Å²) < 4.78 is 84.3. The quantitative estimate of drug-likeness (QED) is 0.639. The minimum atomic E-state index is -4.81. The van der Waals surface area contributed by atoms with Crippen molar-refractivity contribution in [2.24, 2.45) is 0 Å². The third-order valence-electron chi connectivity index (χ3n) is 3.16. The van der Waals surface area contributed by atoms with Crippen LogP contribution in [0.5, 0.6) is 0 Å². The van der Waals surface area contributed by atoms with Crippen molar-refractivity contribution in [3.63, 3.8) is 0 Å². The Hall–Kier alpha value is -1.92. The lowest BCUT2D eigenvalue weighted by molar-refractivity contribution is -0.0933. The second-order valence-corrected chi connectivity index (χ2v) is 4.67. The van der Waals surface area contributed by atoms with Gasteiger partial charge in [0.25, 0.3) is 0 Å². The van der Waals surface area contributed by atoms with E-state index in [0.717, 1.165) is 0 Å². The Labute approximate surface area is 122 Å². The van der Waals surface area contributed by atoms with Crippen molar-refractivity contribution in [2.45, 2.75) is 25.7 Å². The molecule has 22 heavy (non-hydrogen) atoms. The number of fused-ring (bicyclic) bond motifs is 2. The van der Waals surface area contributed by atoms with E-state index in [0.29, 0.717) is 6.08 Å². The zero-order valence-corrected chi connectivity index (χ0v) is 11.5. The molecule has 0 heterocycles. The minimum absolute atomic E-state index is 0.168. The average Bonchev–Trinajstić information content (AvgIpc) is 2.67. The van der Waals surface area contributed by atoms with Crippen LogP contribution in [0.4, 0.5) is 26.3 Å². The molecule has 0 amide bonds. The Bertz CT molecular complexity index is 611. The summed E-state index contributed by atoms with van der Waals surface area (Å²) in [6.07, 6.45) is -4.67. The Kier molecular flexibility index (Phi) is 4.26. The molecule has 0 saturated carbocycles. The lowest BCUT2D eigenvalue weighted by Gasteiger charge is -2.17. The minimum Gasteiger partial charge on any atom is -0.493 e. The monoisotopic (exact) mass is 322 g/mol. The van der Waals surface area contributed by atoms with Crippen molar-refractivity contribution < 1.29 is 31.1 Å². The summed E-state index contributed by atoms with van der Waals surface area (Å²) in [5, 5.41) is 0. The van der Waals surface area contributed by atoms with Crippen molar-refractivity contribution >= 4 is 0 Å². The molecular weight excluding hydrogens is 310 g/mol. The van der Waals surface area contributed by atoms with Crippen LogP contribution in [-0.4, -0.2) is 19.0 Å². The number of halogens is 6. The Morgan fingerprint density at radius 1 is 0.955 bits per heavy atom. The third kappa shape index (κ3) is 3.28. The van der Waals surface area contributed by atoms with Gasteiger partial charge < -0.3 is 4.74 Å². The summed E-state index contributed by atoms with van der Waals surface area (Å²) in [5.41, 5.74) is -2.74. The molecule has 0 saturated heterocycles. The highest BCUT2D eigenvalue weighted by molar-refractivity contribution is 5.56. The maximum absolute atomic E-state index is 13.3. The summed E-state index contributed by atoms with van der Waals surface area (Å²) in [5.74, 6) is -0.799. The fourth-order valence-corrected chi connectivity index (χ4v) is 2.33. The maximum Gasteiger partial charge on any atom is 0.420 e. The van der Waals surface area contributed by atoms with Gasteiger partial charge in [0, 0.05) is 0 Å². The molecular formula is C15H12F6O. The summed E-state index contributed by atoms with van der Waals surface area (Å²) in [6.45, 7) is 1.25. The van der Waals surface area contributed by atoms with E-state index in [2.05, 4.69) is 0 Å². The zero-order chi connectivity index (χ0) is 16.5. The Morgan fingerprint density at radius 2 is 1.55 bits per heavy atom. The molecule has 0 N–H and O–H groups in total. The molecule has 2 bridgehead atoms. The van der Waals surface area contributed by atoms with Gasteiger partial charge in [-0.15, -0.1) is 0 Å². The first kappa shape index (κ1) is 16.5. The molecule has 0 radical (unpaired) electrons. The molecule has 2 aliphatic carbocycles. The number of allylic oxidation sites excluding steroid dienone is 9. The summed E-state index contributed by atoms with van der Waals surface area (Å²) in [6, 6.07) is 0. The van der Waals surface area contributed by atoms with Crippen molar-refractivity contribution in [1.82, 2.24) is 0 Å². The van der Waals surface area contributed by atoms with Gasteiger partial charge >= 0.3 is 12.4 Å². The summed E-state index contributed by atoms with van der Waals surface area (Å²) in [4.78, 5) is 0. The molecule has 0 aliphatic heterocycles. The van der Waals surface area contributed by atoms with E-state index in [1.807, 2.05) is 0 Å². The van der Waals surface area contributed by atoms with Crippen LogP contribution >= 0.6 is 0 Å². The van der Waals surface area contributed by atoms with Gasteiger partial charge in [-0.05, 0) is 30.6 Å². The fraction of sp³-hybridized carbons (Fsp3) is 0.333. The molecule has 0 spiro atoms. The van der Waals surface area contributed by atoms with Gasteiger partial charge in [-0.3, -0.25) is 0 Å². The van der Waals surface area contributed by atoms with Crippen molar-refractivity contribution in [2.75, 3.05) is 6.61 Å². The van der Waals surface area contributed by atoms with E-state index in [9.17, 15) is 26.3 Å². The fourth-order valence-electron chi connectivity index (χ4n) is 2.33. The lowest BCUT2D eigenvalue weighted by Crippen LogP contribution is -2.17. The van der Waals surface area contributed by atoms with Crippen molar-refractivity contribution in [3.05, 3.63) is 58.4 Å². The number of hydrogen-bond acceptors (Lipinski definition) is 1. The van der Waals surface area contributed by atoms with Crippen LogP contribution in [0.1, 0.15) is 13.3 Å². The van der Waals surface area contributed by atoms with Crippen LogP contribution in [0.15, 0.2) is 58.4 Å². The predicted molar refractivity (Wildman–Crippen MR) is 68.8 cm³/mol. The van der Waals surface area contributed by atoms with E-state index >= 15 is 0 Å². The first-order valence-corrected chi connectivity index (χ1v) is 6.45. The van der Waals surface area contributed by atoms with Gasteiger partial charge in [-0.2, -0.15) is 26.3 Å². The zero-order valence-electron chi connectivity index (χ0n) is 11.5. The highest BCUT2D eigenvalue weighted by Crippen LogP contribution is 2.45. The van der Waals surface area contributed by atoms with Crippen LogP contribution < -0.4 is 0 Å². The topological polar surface area (TPSA) is 9.23 Å². The Morgan fingerprint density at radius 3 is 2.05 bits per heavy atom. The number of rotatable bonds is 2. The molecule has 7 heteroatoms. The smallest absolute Gasteiger partial charge is 0.420 e. The predicted octanol–water partition coefficient (Wildman–Crippen LogP) is 5.15. The first-order chi connectivity index (χ1) is 10.1. The van der Waals surface area contributed by atoms with Crippen LogP contribution in [0, 0.1) is 0 Å². The lowest BCUT2D eigenvalue weighted by atomic mass is 9.97. The molecule has 0 aromatic heterocycles. The van der Waals surface area contributed by atoms with Gasteiger partial charge in [-0.25, -0.2) is 0 Å². The second-order valence-electron chi connectivity index (χ2n) is 4.67. The largest absolute Gasteiger partial charge is 0.493 e.